The van der Waals surface area contributed by atoms with E-state index in [0.717, 1.165) is 29.5 Å². The molecule has 0 bridgehead atoms. The van der Waals surface area contributed by atoms with Gasteiger partial charge in [-0.25, -0.2) is 4.39 Å². The lowest BCUT2D eigenvalue weighted by molar-refractivity contribution is -0.205. The molecule has 2 atom stereocenters. The number of methoxy groups -OCH3 is 1. The van der Waals surface area contributed by atoms with Crippen LogP contribution in [0, 0.1) is 11.7 Å². The van der Waals surface area contributed by atoms with Crippen molar-refractivity contribution in [3.63, 3.8) is 0 Å². The molecule has 5 rings (SSSR count). The molecule has 1 saturated carbocycles. The van der Waals surface area contributed by atoms with Crippen molar-refractivity contribution in [3.05, 3.63) is 59.9 Å². The Labute approximate surface area is 186 Å². The Morgan fingerprint density at radius 2 is 1.66 bits per heavy atom. The van der Waals surface area contributed by atoms with Crippen LogP contribution in [0.4, 0.5) is 4.39 Å². The van der Waals surface area contributed by atoms with Gasteiger partial charge in [0.25, 0.3) is 0 Å². The maximum absolute atomic E-state index is 13.2. The molecule has 7 heteroatoms. The summed E-state index contributed by atoms with van der Waals surface area (Å²) < 4.78 is 18.2. The van der Waals surface area contributed by atoms with Crippen molar-refractivity contribution < 1.29 is 23.8 Å². The molecule has 6 nitrogen and oxygen atoms in total. The van der Waals surface area contributed by atoms with Crippen LogP contribution in [0.3, 0.4) is 0 Å². The van der Waals surface area contributed by atoms with Crippen LogP contribution in [0.2, 0.25) is 0 Å². The van der Waals surface area contributed by atoms with E-state index in [0.29, 0.717) is 13.1 Å². The summed E-state index contributed by atoms with van der Waals surface area (Å²) in [4.78, 5) is 29.0. The average molecular weight is 438 g/mol. The van der Waals surface area contributed by atoms with Crippen molar-refractivity contribution in [2.75, 3.05) is 33.4 Å². The highest BCUT2D eigenvalue weighted by Crippen LogP contribution is 2.55. The van der Waals surface area contributed by atoms with Gasteiger partial charge >= 0.3 is 0 Å². The highest BCUT2D eigenvalue weighted by molar-refractivity contribution is 5.86. The molecule has 1 aliphatic carbocycles. The molecule has 0 radical (unpaired) electrons. The van der Waals surface area contributed by atoms with Crippen LogP contribution in [0.1, 0.15) is 24.3 Å². The van der Waals surface area contributed by atoms with Crippen molar-refractivity contribution in [1.29, 1.82) is 0 Å². The van der Waals surface area contributed by atoms with Gasteiger partial charge in [-0.15, -0.1) is 0 Å². The summed E-state index contributed by atoms with van der Waals surface area (Å²) in [5.74, 6) is -0.266. The number of nitrogens with zero attached hydrogens (tertiary/aromatic N) is 2. The van der Waals surface area contributed by atoms with Crippen LogP contribution >= 0.6 is 0 Å². The second-order valence-electron chi connectivity index (χ2n) is 9.13. The number of ether oxygens (including phenoxy) is 1. The molecule has 32 heavy (non-hydrogen) atoms. The molecule has 2 saturated heterocycles. The molecule has 0 aromatic heterocycles. The number of likely N-dealkylation sites (tertiary alicyclic amines) is 2. The fraction of sp³-hybridized carbons (Fsp3) is 0.440. The predicted molar refractivity (Wildman–Crippen MR) is 116 cm³/mol. The SMILES string of the molecule is COCC(=O)N1CC2(C1)[C@H](c1ccc(-c3ccc(F)cc3)cc1)[C@@H](CO)N2C(=O)C1CC1. The minimum absolute atomic E-state index is 0.0209. The van der Waals surface area contributed by atoms with Gasteiger partial charge in [0.05, 0.1) is 18.2 Å². The number of aliphatic hydroxyl groups excluding tert-OH is 1. The highest BCUT2D eigenvalue weighted by atomic mass is 19.1. The number of carbonyl (C=O) groups is 2. The molecule has 2 aromatic rings. The molecule has 2 heterocycles. The molecule has 2 aromatic carbocycles. The van der Waals surface area contributed by atoms with Crippen LogP contribution in [-0.4, -0.2) is 71.7 Å². The van der Waals surface area contributed by atoms with E-state index < -0.39 is 5.54 Å². The normalized spacial score (nSPS) is 23.6. The third-order valence-corrected chi connectivity index (χ3v) is 7.12. The van der Waals surface area contributed by atoms with E-state index >= 15 is 0 Å². The summed E-state index contributed by atoms with van der Waals surface area (Å²) in [6, 6.07) is 14.1. The van der Waals surface area contributed by atoms with Crippen molar-refractivity contribution in [3.8, 4) is 11.1 Å². The lowest BCUT2D eigenvalue weighted by atomic mass is 9.60. The third kappa shape index (κ3) is 3.31. The summed E-state index contributed by atoms with van der Waals surface area (Å²) in [6.07, 6.45) is 1.79. The molecule has 2 aliphatic heterocycles. The first-order chi connectivity index (χ1) is 15.5. The monoisotopic (exact) mass is 438 g/mol. The van der Waals surface area contributed by atoms with Crippen LogP contribution < -0.4 is 0 Å². The molecule has 1 N–H and O–H groups in total. The largest absolute Gasteiger partial charge is 0.394 e. The number of benzene rings is 2. The van der Waals surface area contributed by atoms with Gasteiger partial charge in [0.1, 0.15) is 12.4 Å². The van der Waals surface area contributed by atoms with E-state index in [9.17, 15) is 19.1 Å². The van der Waals surface area contributed by atoms with Crippen molar-refractivity contribution in [2.45, 2.75) is 30.3 Å². The van der Waals surface area contributed by atoms with Crippen molar-refractivity contribution in [2.24, 2.45) is 5.92 Å². The summed E-state index contributed by atoms with van der Waals surface area (Å²) in [5, 5.41) is 10.2. The topological polar surface area (TPSA) is 70.1 Å². The summed E-state index contributed by atoms with van der Waals surface area (Å²) in [5.41, 5.74) is 2.45. The molecule has 2 amide bonds. The van der Waals surface area contributed by atoms with E-state index in [2.05, 4.69) is 0 Å². The quantitative estimate of drug-likeness (QED) is 0.752. The Morgan fingerprint density at radius 1 is 1.06 bits per heavy atom. The van der Waals surface area contributed by atoms with E-state index in [4.69, 9.17) is 4.74 Å². The van der Waals surface area contributed by atoms with Crippen LogP contribution in [-0.2, 0) is 14.3 Å². The first-order valence-electron chi connectivity index (χ1n) is 11.0. The smallest absolute Gasteiger partial charge is 0.248 e. The zero-order valence-electron chi connectivity index (χ0n) is 18.0. The van der Waals surface area contributed by atoms with Crippen LogP contribution in [0.15, 0.2) is 48.5 Å². The van der Waals surface area contributed by atoms with Crippen LogP contribution in [0.5, 0.6) is 0 Å². The van der Waals surface area contributed by atoms with E-state index in [1.807, 2.05) is 29.2 Å². The van der Waals surface area contributed by atoms with Gasteiger partial charge in [-0.1, -0.05) is 36.4 Å². The Morgan fingerprint density at radius 3 is 2.19 bits per heavy atom. The van der Waals surface area contributed by atoms with E-state index in [1.165, 1.54) is 19.2 Å². The Hall–Kier alpha value is -2.77. The lowest BCUT2D eigenvalue weighted by Gasteiger charge is -2.70. The molecule has 3 aliphatic rings. The summed E-state index contributed by atoms with van der Waals surface area (Å²) in [7, 11) is 1.49. The number of carbonyl (C=O) groups excluding carboxylic acids is 2. The third-order valence-electron chi connectivity index (χ3n) is 7.12. The van der Waals surface area contributed by atoms with Crippen molar-refractivity contribution in [1.82, 2.24) is 9.80 Å². The number of rotatable bonds is 6. The summed E-state index contributed by atoms with van der Waals surface area (Å²) in [6.45, 7) is 0.812. The van der Waals surface area contributed by atoms with Gasteiger partial charge in [-0.3, -0.25) is 9.59 Å². The predicted octanol–water partition coefficient (Wildman–Crippen LogP) is 2.42. The maximum atomic E-state index is 13.2. The number of aliphatic hydroxyl groups is 1. The maximum Gasteiger partial charge on any atom is 0.248 e. The fourth-order valence-corrected chi connectivity index (χ4v) is 5.41. The Bertz CT molecular complexity index is 1010. The summed E-state index contributed by atoms with van der Waals surface area (Å²) >= 11 is 0. The minimum atomic E-state index is -0.478. The standard InChI is InChI=1S/C25H27FN2O4/c1-32-13-22(30)27-14-25(15-27)23(21(12-29)28(25)24(31)19-6-7-19)18-4-2-16(3-5-18)17-8-10-20(26)11-9-17/h2-5,8-11,19,21,23,29H,6-7,12-15H2,1H3/t21-,23-/m1/s1. The molecular weight excluding hydrogens is 411 g/mol. The number of hydrogen-bond donors (Lipinski definition) is 1. The van der Waals surface area contributed by atoms with Crippen LogP contribution in [0.25, 0.3) is 11.1 Å². The molecule has 168 valence electrons. The zero-order chi connectivity index (χ0) is 22.5. The minimum Gasteiger partial charge on any atom is -0.394 e. The molecular formula is C25H27FN2O4. The van der Waals surface area contributed by atoms with Gasteiger partial charge in [-0.2, -0.15) is 0 Å². The van der Waals surface area contributed by atoms with Crippen molar-refractivity contribution >= 4 is 11.8 Å². The van der Waals surface area contributed by atoms with Gasteiger partial charge in [-0.05, 0) is 41.7 Å². The lowest BCUT2D eigenvalue weighted by Crippen LogP contribution is -2.86. The van der Waals surface area contributed by atoms with E-state index in [1.54, 1.807) is 17.0 Å². The number of amides is 2. The second-order valence-corrected chi connectivity index (χ2v) is 9.13. The first kappa shape index (κ1) is 21.1. The zero-order valence-corrected chi connectivity index (χ0v) is 18.0. The number of hydrogen-bond acceptors (Lipinski definition) is 4. The fourth-order valence-electron chi connectivity index (χ4n) is 5.41. The van der Waals surface area contributed by atoms with Gasteiger partial charge in [0, 0.05) is 32.0 Å². The van der Waals surface area contributed by atoms with Gasteiger partial charge < -0.3 is 19.6 Å². The first-order valence-corrected chi connectivity index (χ1v) is 11.0. The highest BCUT2D eigenvalue weighted by Gasteiger charge is 2.68. The molecule has 1 spiro atoms. The average Bonchev–Trinajstić information content (AvgIpc) is 3.59. The number of halogens is 1. The van der Waals surface area contributed by atoms with Gasteiger partial charge in [0.15, 0.2) is 0 Å². The van der Waals surface area contributed by atoms with E-state index in [-0.39, 0.29) is 48.7 Å². The Kier molecular flexibility index (Phi) is 5.26. The second kappa shape index (κ2) is 7.98. The molecule has 0 unspecified atom stereocenters. The molecule has 3 fully saturated rings. The van der Waals surface area contributed by atoms with Gasteiger partial charge in [0.2, 0.25) is 11.8 Å². The Balaban J connectivity index is 1.42.